The highest BCUT2D eigenvalue weighted by atomic mass is 16.5. The predicted molar refractivity (Wildman–Crippen MR) is 110 cm³/mol. The van der Waals surface area contributed by atoms with Crippen molar-refractivity contribution in [3.8, 4) is 5.75 Å². The summed E-state index contributed by atoms with van der Waals surface area (Å²) in [6, 6.07) is 21.8. The number of rotatable bonds is 7. The first-order chi connectivity index (χ1) is 14.1. The first kappa shape index (κ1) is 19.2. The van der Waals surface area contributed by atoms with Gasteiger partial charge in [0.2, 0.25) is 0 Å². The lowest BCUT2D eigenvalue weighted by molar-refractivity contribution is -0.195. The molecule has 1 aromatic heterocycles. The molecule has 0 bridgehead atoms. The molecule has 0 spiro atoms. The van der Waals surface area contributed by atoms with Crippen molar-refractivity contribution in [1.82, 2.24) is 9.88 Å². The van der Waals surface area contributed by atoms with E-state index in [-0.39, 0.29) is 5.91 Å². The number of ether oxygens (including phenoxy) is 2. The summed E-state index contributed by atoms with van der Waals surface area (Å²) in [5, 5.41) is 0. The van der Waals surface area contributed by atoms with Crippen molar-refractivity contribution < 1.29 is 14.3 Å². The molecule has 0 radical (unpaired) electrons. The molecule has 4 rings (SSSR count). The summed E-state index contributed by atoms with van der Waals surface area (Å²) < 4.78 is 11.5. The van der Waals surface area contributed by atoms with E-state index in [1.807, 2.05) is 73.8 Å². The van der Waals surface area contributed by atoms with E-state index in [2.05, 4.69) is 4.98 Å². The molecule has 1 amide bonds. The fourth-order valence-corrected chi connectivity index (χ4v) is 4.00. The van der Waals surface area contributed by atoms with Crippen LogP contribution in [0.5, 0.6) is 5.75 Å². The number of amides is 1. The largest absolute Gasteiger partial charge is 0.497 e. The third-order valence-electron chi connectivity index (χ3n) is 5.66. The van der Waals surface area contributed by atoms with Crippen LogP contribution < -0.4 is 4.74 Å². The number of hydrogen-bond donors (Lipinski definition) is 0. The zero-order valence-electron chi connectivity index (χ0n) is 16.6. The molecule has 1 fully saturated rings. The van der Waals surface area contributed by atoms with Crippen molar-refractivity contribution in [3.63, 3.8) is 0 Å². The van der Waals surface area contributed by atoms with E-state index in [0.717, 1.165) is 22.4 Å². The van der Waals surface area contributed by atoms with Crippen molar-refractivity contribution >= 4 is 5.91 Å². The molecule has 1 aliphatic heterocycles. The summed E-state index contributed by atoms with van der Waals surface area (Å²) >= 11 is 0. The van der Waals surface area contributed by atoms with Crippen molar-refractivity contribution in [2.24, 2.45) is 0 Å². The number of carbonyl (C=O) groups is 1. The third-order valence-corrected chi connectivity index (χ3v) is 5.66. The van der Waals surface area contributed by atoms with Crippen LogP contribution in [0.15, 0.2) is 79.1 Å². The lowest BCUT2D eigenvalue weighted by atomic mass is 9.71. The van der Waals surface area contributed by atoms with E-state index in [0.29, 0.717) is 13.0 Å². The van der Waals surface area contributed by atoms with Gasteiger partial charge in [-0.25, -0.2) is 0 Å². The summed E-state index contributed by atoms with van der Waals surface area (Å²) in [7, 11) is 3.49. The number of β-lactam (4-membered cyclic amide) rings is 1. The molecule has 1 saturated heterocycles. The van der Waals surface area contributed by atoms with Gasteiger partial charge in [0, 0.05) is 25.9 Å². The zero-order chi connectivity index (χ0) is 20.3. The Morgan fingerprint density at radius 1 is 0.966 bits per heavy atom. The van der Waals surface area contributed by atoms with Crippen LogP contribution in [0.2, 0.25) is 0 Å². The number of carbonyl (C=O) groups excluding carboxylic acids is 1. The van der Waals surface area contributed by atoms with Crippen LogP contribution in [0.3, 0.4) is 0 Å². The lowest BCUT2D eigenvalue weighted by Gasteiger charge is -2.56. The Morgan fingerprint density at radius 2 is 1.66 bits per heavy atom. The summed E-state index contributed by atoms with van der Waals surface area (Å²) in [4.78, 5) is 18.8. The van der Waals surface area contributed by atoms with Crippen LogP contribution in [0.4, 0.5) is 0 Å². The second kappa shape index (κ2) is 8.05. The van der Waals surface area contributed by atoms with Gasteiger partial charge in [0.1, 0.15) is 11.3 Å². The van der Waals surface area contributed by atoms with Gasteiger partial charge in [0.25, 0.3) is 5.91 Å². The Balaban J connectivity index is 1.67. The molecule has 5 heteroatoms. The number of hydrogen-bond acceptors (Lipinski definition) is 4. The highest BCUT2D eigenvalue weighted by Gasteiger charge is 2.60. The van der Waals surface area contributed by atoms with Gasteiger partial charge in [0.05, 0.1) is 13.7 Å². The fraction of sp³-hybridized carbons (Fsp3) is 0.250. The normalized spacial score (nSPS) is 21.0. The van der Waals surface area contributed by atoms with Gasteiger partial charge in [-0.1, -0.05) is 42.5 Å². The molecular weight excluding hydrogens is 364 g/mol. The van der Waals surface area contributed by atoms with Gasteiger partial charge in [-0.15, -0.1) is 0 Å². The Labute approximate surface area is 170 Å². The average molecular weight is 388 g/mol. The van der Waals surface area contributed by atoms with E-state index in [4.69, 9.17) is 9.47 Å². The highest BCUT2D eigenvalue weighted by molar-refractivity contribution is 5.91. The van der Waals surface area contributed by atoms with Crippen molar-refractivity contribution in [1.29, 1.82) is 0 Å². The van der Waals surface area contributed by atoms with E-state index >= 15 is 0 Å². The van der Waals surface area contributed by atoms with Gasteiger partial charge in [-0.05, 0) is 41.0 Å². The SMILES string of the molecule is COc1ccc(CC2(c3ccncc3)C(OCc3ccccc3)C(=O)N2C)cc1. The van der Waals surface area contributed by atoms with E-state index in [9.17, 15) is 4.79 Å². The smallest absolute Gasteiger partial charge is 0.255 e. The zero-order valence-corrected chi connectivity index (χ0v) is 16.6. The van der Waals surface area contributed by atoms with Crippen LogP contribution in [0.1, 0.15) is 16.7 Å². The van der Waals surface area contributed by atoms with Gasteiger partial charge in [0.15, 0.2) is 6.10 Å². The van der Waals surface area contributed by atoms with E-state index in [1.54, 1.807) is 24.4 Å². The number of nitrogens with zero attached hydrogens (tertiary/aromatic N) is 2. The second-order valence-corrected chi connectivity index (χ2v) is 7.26. The van der Waals surface area contributed by atoms with Crippen molar-refractivity contribution in [2.75, 3.05) is 14.2 Å². The molecule has 1 aliphatic rings. The molecule has 0 N–H and O–H groups in total. The molecule has 5 nitrogen and oxygen atoms in total. The number of benzene rings is 2. The van der Waals surface area contributed by atoms with Gasteiger partial charge in [-0.3, -0.25) is 9.78 Å². The van der Waals surface area contributed by atoms with Gasteiger partial charge >= 0.3 is 0 Å². The topological polar surface area (TPSA) is 51.7 Å². The second-order valence-electron chi connectivity index (χ2n) is 7.26. The molecular formula is C24H24N2O3. The lowest BCUT2D eigenvalue weighted by Crippen LogP contribution is -2.72. The van der Waals surface area contributed by atoms with Crippen molar-refractivity contribution in [3.05, 3.63) is 95.8 Å². The summed E-state index contributed by atoms with van der Waals surface area (Å²) in [5.41, 5.74) is 2.59. The van der Waals surface area contributed by atoms with E-state index < -0.39 is 11.6 Å². The maximum atomic E-state index is 12.8. The summed E-state index contributed by atoms with van der Waals surface area (Å²) in [6.07, 6.45) is 3.60. The van der Waals surface area contributed by atoms with Crippen LogP contribution >= 0.6 is 0 Å². The fourth-order valence-electron chi connectivity index (χ4n) is 4.00. The number of likely N-dealkylation sites (tertiary alicyclic amines) is 1. The Hall–Kier alpha value is -3.18. The van der Waals surface area contributed by atoms with Crippen molar-refractivity contribution in [2.45, 2.75) is 24.7 Å². The number of aromatic nitrogens is 1. The van der Waals surface area contributed by atoms with Crippen LogP contribution in [0, 0.1) is 0 Å². The van der Waals surface area contributed by atoms with Crippen LogP contribution in [-0.2, 0) is 28.1 Å². The third kappa shape index (κ3) is 3.49. The van der Waals surface area contributed by atoms with Gasteiger partial charge in [-0.2, -0.15) is 0 Å². The molecule has 0 aliphatic carbocycles. The molecule has 2 atom stereocenters. The standard InChI is InChI=1S/C24H24N2O3/c1-26-23(27)22(29-17-19-6-4-3-5-7-19)24(26,20-12-14-25-15-13-20)16-18-8-10-21(28-2)11-9-18/h3-15,22H,16-17H2,1-2H3. The maximum absolute atomic E-state index is 12.8. The Bertz CT molecular complexity index is 960. The number of methoxy groups -OCH3 is 1. The molecule has 2 aromatic carbocycles. The minimum Gasteiger partial charge on any atom is -0.497 e. The molecule has 2 heterocycles. The predicted octanol–water partition coefficient (Wildman–Crippen LogP) is 3.59. The summed E-state index contributed by atoms with van der Waals surface area (Å²) in [6.45, 7) is 0.389. The highest BCUT2D eigenvalue weighted by Crippen LogP contribution is 2.45. The molecule has 3 aromatic rings. The minimum absolute atomic E-state index is 0.00810. The number of likely N-dealkylation sites (N-methyl/N-ethyl adjacent to an activating group) is 1. The minimum atomic E-state index is -0.580. The molecule has 2 unspecified atom stereocenters. The first-order valence-corrected chi connectivity index (χ1v) is 9.62. The van der Waals surface area contributed by atoms with E-state index in [1.165, 1.54) is 0 Å². The summed E-state index contributed by atoms with van der Waals surface area (Å²) in [5.74, 6) is 0.799. The molecule has 148 valence electrons. The Kier molecular flexibility index (Phi) is 5.32. The quantitative estimate of drug-likeness (QED) is 0.581. The average Bonchev–Trinajstić information content (AvgIpc) is 2.79. The van der Waals surface area contributed by atoms with Crippen LogP contribution in [0.25, 0.3) is 0 Å². The molecule has 0 saturated carbocycles. The van der Waals surface area contributed by atoms with Gasteiger partial charge < -0.3 is 14.4 Å². The van der Waals surface area contributed by atoms with Crippen LogP contribution in [-0.4, -0.2) is 36.1 Å². The maximum Gasteiger partial charge on any atom is 0.255 e. The Morgan fingerprint density at radius 3 is 2.31 bits per heavy atom. The first-order valence-electron chi connectivity index (χ1n) is 9.62. The number of pyridine rings is 1. The monoisotopic (exact) mass is 388 g/mol. The molecule has 29 heavy (non-hydrogen) atoms.